The fourth-order valence-electron chi connectivity index (χ4n) is 2.15. The van der Waals surface area contributed by atoms with E-state index in [9.17, 15) is 4.79 Å². The predicted molar refractivity (Wildman–Crippen MR) is 81.9 cm³/mol. The van der Waals surface area contributed by atoms with Gasteiger partial charge in [-0.25, -0.2) is 0 Å². The molecule has 0 amide bonds. The minimum Gasteiger partial charge on any atom is -0.299 e. The molecule has 0 aliphatic rings. The lowest BCUT2D eigenvalue weighted by Gasteiger charge is -2.18. The summed E-state index contributed by atoms with van der Waals surface area (Å²) < 4.78 is 0. The molecular weight excluding hydrogens is 234 g/mol. The van der Waals surface area contributed by atoms with E-state index in [1.165, 1.54) is 11.1 Å². The molecule has 0 radical (unpaired) electrons. The standard InChI is InChI=1S/C17H27NO/c1-12(2)7-8-18(6)11-17(19)16-10-14(4)13(3)9-15(16)5/h9-10,12H,7-8,11H2,1-6H3. The van der Waals surface area contributed by atoms with Crippen LogP contribution in [0, 0.1) is 26.7 Å². The smallest absolute Gasteiger partial charge is 0.177 e. The average molecular weight is 261 g/mol. The first-order chi connectivity index (χ1) is 8.81. The van der Waals surface area contributed by atoms with Crippen molar-refractivity contribution in [1.82, 2.24) is 4.90 Å². The summed E-state index contributed by atoms with van der Waals surface area (Å²) in [4.78, 5) is 14.5. The van der Waals surface area contributed by atoms with Crippen LogP contribution in [0.4, 0.5) is 0 Å². The summed E-state index contributed by atoms with van der Waals surface area (Å²) in [6.45, 7) is 12.1. The van der Waals surface area contributed by atoms with Gasteiger partial charge in [-0.3, -0.25) is 9.69 Å². The van der Waals surface area contributed by atoms with E-state index in [0.29, 0.717) is 12.5 Å². The zero-order valence-corrected chi connectivity index (χ0v) is 13.2. The molecule has 0 saturated heterocycles. The number of hydrogen-bond acceptors (Lipinski definition) is 2. The van der Waals surface area contributed by atoms with Crippen molar-refractivity contribution in [3.63, 3.8) is 0 Å². The van der Waals surface area contributed by atoms with Crippen LogP contribution in [0.2, 0.25) is 0 Å². The predicted octanol–water partition coefficient (Wildman–Crippen LogP) is 3.77. The zero-order chi connectivity index (χ0) is 14.6. The second kappa shape index (κ2) is 6.85. The molecule has 0 heterocycles. The number of benzene rings is 1. The number of carbonyl (C=O) groups excluding carboxylic acids is 1. The molecule has 0 aromatic heterocycles. The third kappa shape index (κ3) is 4.79. The molecule has 1 aromatic carbocycles. The number of ketones is 1. The van der Waals surface area contributed by atoms with Gasteiger partial charge in [-0.2, -0.15) is 0 Å². The van der Waals surface area contributed by atoms with Gasteiger partial charge in [-0.05, 0) is 69.5 Å². The molecule has 2 nitrogen and oxygen atoms in total. The van der Waals surface area contributed by atoms with E-state index in [2.05, 4.69) is 38.7 Å². The Labute approximate surface area is 117 Å². The Hall–Kier alpha value is -1.15. The Bertz CT molecular complexity index is 449. The highest BCUT2D eigenvalue weighted by Crippen LogP contribution is 2.16. The SMILES string of the molecule is Cc1cc(C)c(C(=O)CN(C)CCC(C)C)cc1C. The molecule has 0 saturated carbocycles. The molecule has 0 aliphatic carbocycles. The zero-order valence-electron chi connectivity index (χ0n) is 13.2. The van der Waals surface area contributed by atoms with Gasteiger partial charge in [0.15, 0.2) is 5.78 Å². The van der Waals surface area contributed by atoms with Gasteiger partial charge in [0, 0.05) is 5.56 Å². The van der Waals surface area contributed by atoms with E-state index < -0.39 is 0 Å². The van der Waals surface area contributed by atoms with E-state index in [-0.39, 0.29) is 5.78 Å². The van der Waals surface area contributed by atoms with Crippen LogP contribution in [-0.4, -0.2) is 30.8 Å². The first-order valence-corrected chi connectivity index (χ1v) is 7.10. The highest BCUT2D eigenvalue weighted by molar-refractivity contribution is 5.99. The average Bonchev–Trinajstić information content (AvgIpc) is 2.31. The lowest BCUT2D eigenvalue weighted by Crippen LogP contribution is -2.28. The number of hydrogen-bond donors (Lipinski definition) is 0. The van der Waals surface area contributed by atoms with Gasteiger partial charge in [-0.15, -0.1) is 0 Å². The molecule has 0 fully saturated rings. The van der Waals surface area contributed by atoms with E-state index in [1.54, 1.807) is 0 Å². The van der Waals surface area contributed by atoms with E-state index in [4.69, 9.17) is 0 Å². The number of nitrogens with zero attached hydrogens (tertiary/aromatic N) is 1. The molecule has 0 unspecified atom stereocenters. The topological polar surface area (TPSA) is 20.3 Å². The van der Waals surface area contributed by atoms with Crippen molar-refractivity contribution >= 4 is 5.78 Å². The number of likely N-dealkylation sites (N-methyl/N-ethyl adjacent to an activating group) is 1. The maximum absolute atomic E-state index is 12.3. The van der Waals surface area contributed by atoms with Crippen LogP contribution in [0.1, 0.15) is 47.3 Å². The third-order valence-electron chi connectivity index (χ3n) is 3.64. The lowest BCUT2D eigenvalue weighted by molar-refractivity contribution is 0.0943. The molecular formula is C17H27NO. The minimum absolute atomic E-state index is 0.229. The third-order valence-corrected chi connectivity index (χ3v) is 3.64. The van der Waals surface area contributed by atoms with Gasteiger partial charge < -0.3 is 0 Å². The van der Waals surface area contributed by atoms with Gasteiger partial charge in [-0.1, -0.05) is 19.9 Å². The minimum atomic E-state index is 0.229. The quantitative estimate of drug-likeness (QED) is 0.726. The van der Waals surface area contributed by atoms with Crippen LogP contribution in [0.25, 0.3) is 0 Å². The summed E-state index contributed by atoms with van der Waals surface area (Å²) >= 11 is 0. The summed E-state index contributed by atoms with van der Waals surface area (Å²) in [5, 5.41) is 0. The Kier molecular flexibility index (Phi) is 5.74. The summed E-state index contributed by atoms with van der Waals surface area (Å²) in [6, 6.07) is 4.14. The molecule has 2 heteroatoms. The molecule has 106 valence electrons. The fraction of sp³-hybridized carbons (Fsp3) is 0.588. The molecule has 0 atom stereocenters. The number of aryl methyl sites for hydroxylation is 3. The summed E-state index contributed by atoms with van der Waals surface area (Å²) in [6.07, 6.45) is 1.13. The van der Waals surface area contributed by atoms with E-state index >= 15 is 0 Å². The monoisotopic (exact) mass is 261 g/mol. The Balaban J connectivity index is 2.70. The molecule has 0 bridgehead atoms. The lowest BCUT2D eigenvalue weighted by atomic mass is 9.98. The second-order valence-corrected chi connectivity index (χ2v) is 6.09. The number of Topliss-reactive ketones (excluding diaryl/α,β-unsaturated/α-hetero) is 1. The van der Waals surface area contributed by atoms with Crippen LogP contribution in [0.3, 0.4) is 0 Å². The molecule has 1 rings (SSSR count). The maximum Gasteiger partial charge on any atom is 0.177 e. The van der Waals surface area contributed by atoms with E-state index in [0.717, 1.165) is 24.1 Å². The van der Waals surface area contributed by atoms with Gasteiger partial charge in [0.1, 0.15) is 0 Å². The highest BCUT2D eigenvalue weighted by atomic mass is 16.1. The summed E-state index contributed by atoms with van der Waals surface area (Å²) in [5.74, 6) is 0.910. The molecule has 19 heavy (non-hydrogen) atoms. The number of carbonyl (C=O) groups is 1. The van der Waals surface area contributed by atoms with Crippen molar-refractivity contribution < 1.29 is 4.79 Å². The first kappa shape index (κ1) is 15.9. The van der Waals surface area contributed by atoms with Crippen molar-refractivity contribution in [2.24, 2.45) is 5.92 Å². The number of rotatable bonds is 6. The Morgan fingerprint density at radius 1 is 1.11 bits per heavy atom. The van der Waals surface area contributed by atoms with Gasteiger partial charge >= 0.3 is 0 Å². The van der Waals surface area contributed by atoms with Crippen LogP contribution in [-0.2, 0) is 0 Å². The molecule has 1 aromatic rings. The second-order valence-electron chi connectivity index (χ2n) is 6.09. The van der Waals surface area contributed by atoms with Crippen molar-refractivity contribution in [3.8, 4) is 0 Å². The van der Waals surface area contributed by atoms with Crippen LogP contribution in [0.5, 0.6) is 0 Å². The van der Waals surface area contributed by atoms with Crippen molar-refractivity contribution in [1.29, 1.82) is 0 Å². The summed E-state index contributed by atoms with van der Waals surface area (Å²) in [7, 11) is 2.02. The Morgan fingerprint density at radius 2 is 1.68 bits per heavy atom. The van der Waals surface area contributed by atoms with E-state index in [1.807, 2.05) is 20.0 Å². The first-order valence-electron chi connectivity index (χ1n) is 7.10. The molecule has 0 aliphatic heterocycles. The van der Waals surface area contributed by atoms with Crippen LogP contribution >= 0.6 is 0 Å². The molecule has 0 N–H and O–H groups in total. The van der Waals surface area contributed by atoms with Gasteiger partial charge in [0.05, 0.1) is 6.54 Å². The van der Waals surface area contributed by atoms with Crippen LogP contribution in [0.15, 0.2) is 12.1 Å². The largest absolute Gasteiger partial charge is 0.299 e. The Morgan fingerprint density at radius 3 is 2.26 bits per heavy atom. The van der Waals surface area contributed by atoms with Crippen LogP contribution < -0.4 is 0 Å². The van der Waals surface area contributed by atoms with Crippen molar-refractivity contribution in [2.75, 3.05) is 20.1 Å². The van der Waals surface area contributed by atoms with Crippen molar-refractivity contribution in [2.45, 2.75) is 41.0 Å². The van der Waals surface area contributed by atoms with Gasteiger partial charge in [0.2, 0.25) is 0 Å². The molecule has 0 spiro atoms. The highest BCUT2D eigenvalue weighted by Gasteiger charge is 2.13. The maximum atomic E-state index is 12.3. The summed E-state index contributed by atoms with van der Waals surface area (Å²) in [5.41, 5.74) is 4.41. The van der Waals surface area contributed by atoms with Gasteiger partial charge in [0.25, 0.3) is 0 Å². The normalized spacial score (nSPS) is 11.4. The fourth-order valence-corrected chi connectivity index (χ4v) is 2.15. The van der Waals surface area contributed by atoms with Crippen molar-refractivity contribution in [3.05, 3.63) is 34.4 Å².